The highest BCUT2D eigenvalue weighted by Gasteiger charge is 2.22. The monoisotopic (exact) mass is 495 g/mol. The van der Waals surface area contributed by atoms with Crippen LogP contribution >= 0.6 is 11.3 Å². The molecule has 3 N–H and O–H groups in total. The number of nitrogens with one attached hydrogen (secondary N) is 3. The molecule has 35 heavy (non-hydrogen) atoms. The minimum atomic E-state index is -0.607. The summed E-state index contributed by atoms with van der Waals surface area (Å²) in [4.78, 5) is 43.3. The number of likely N-dealkylation sites (tertiary alicyclic amines) is 1. The van der Waals surface area contributed by atoms with Gasteiger partial charge in [0.1, 0.15) is 5.82 Å². The van der Waals surface area contributed by atoms with Crippen LogP contribution in [0.4, 0.5) is 15.2 Å². The summed E-state index contributed by atoms with van der Waals surface area (Å²) in [5, 5.41) is 10.5. The van der Waals surface area contributed by atoms with Crippen LogP contribution in [0.1, 0.15) is 28.9 Å². The first-order valence-electron chi connectivity index (χ1n) is 11.3. The van der Waals surface area contributed by atoms with Crippen molar-refractivity contribution in [3.05, 3.63) is 77.1 Å². The quantitative estimate of drug-likeness (QED) is 0.445. The number of nitrogens with zero attached hydrogens (tertiary/aromatic N) is 2. The van der Waals surface area contributed by atoms with Crippen molar-refractivity contribution in [2.24, 2.45) is 0 Å². The number of piperidine rings is 1. The van der Waals surface area contributed by atoms with Crippen LogP contribution in [-0.2, 0) is 16.0 Å². The standard InChI is InChI=1S/C25H26FN5O3S/c26-21-9-5-4-8-20(21)24(34)30-25-29-19(16-35-25)14-22(32)27-18-10-12-31(13-11-18)15-23(33)28-17-6-2-1-3-7-17/h1-9,16,18H,10-15H2,(H,27,32)(H,28,33)(H,29,30,34). The van der Waals surface area contributed by atoms with Gasteiger partial charge in [-0.25, -0.2) is 9.37 Å². The lowest BCUT2D eigenvalue weighted by atomic mass is 10.0. The van der Waals surface area contributed by atoms with E-state index in [-0.39, 0.29) is 29.8 Å². The smallest absolute Gasteiger partial charge is 0.260 e. The van der Waals surface area contributed by atoms with E-state index in [4.69, 9.17) is 0 Å². The van der Waals surface area contributed by atoms with Crippen LogP contribution in [0.3, 0.4) is 0 Å². The predicted octanol–water partition coefficient (Wildman–Crippen LogP) is 3.30. The molecular formula is C25H26FN5O3S. The molecule has 2 aromatic carbocycles. The van der Waals surface area contributed by atoms with Crippen molar-refractivity contribution in [2.45, 2.75) is 25.3 Å². The summed E-state index contributed by atoms with van der Waals surface area (Å²) in [5.74, 6) is -1.40. The molecule has 0 saturated carbocycles. The van der Waals surface area contributed by atoms with Gasteiger partial charge >= 0.3 is 0 Å². The van der Waals surface area contributed by atoms with Gasteiger partial charge in [-0.3, -0.25) is 24.6 Å². The Bertz CT molecular complexity index is 1180. The Balaban J connectivity index is 1.18. The number of hydrogen-bond acceptors (Lipinski definition) is 6. The van der Waals surface area contributed by atoms with Gasteiger partial charge in [0, 0.05) is 30.2 Å². The molecule has 0 radical (unpaired) electrons. The van der Waals surface area contributed by atoms with Gasteiger partial charge in [0.2, 0.25) is 11.8 Å². The zero-order valence-electron chi connectivity index (χ0n) is 19.0. The Morgan fingerprint density at radius 1 is 0.971 bits per heavy atom. The minimum Gasteiger partial charge on any atom is -0.353 e. The number of aromatic nitrogens is 1. The van der Waals surface area contributed by atoms with E-state index in [0.717, 1.165) is 31.6 Å². The molecule has 0 aliphatic carbocycles. The van der Waals surface area contributed by atoms with Crippen molar-refractivity contribution in [2.75, 3.05) is 30.3 Å². The first kappa shape index (κ1) is 24.5. The molecule has 0 bridgehead atoms. The van der Waals surface area contributed by atoms with E-state index < -0.39 is 11.7 Å². The predicted molar refractivity (Wildman–Crippen MR) is 133 cm³/mol. The van der Waals surface area contributed by atoms with Crippen LogP contribution in [0.25, 0.3) is 0 Å². The van der Waals surface area contributed by atoms with Gasteiger partial charge in [0.25, 0.3) is 5.91 Å². The second kappa shape index (κ2) is 11.7. The first-order valence-corrected chi connectivity index (χ1v) is 12.2. The number of hydrogen-bond donors (Lipinski definition) is 3. The number of carbonyl (C=O) groups excluding carboxylic acids is 3. The number of benzene rings is 2. The molecule has 3 amide bonds. The van der Waals surface area contributed by atoms with Crippen LogP contribution < -0.4 is 16.0 Å². The van der Waals surface area contributed by atoms with Gasteiger partial charge in [-0.15, -0.1) is 11.3 Å². The maximum atomic E-state index is 13.8. The van der Waals surface area contributed by atoms with Crippen molar-refractivity contribution >= 4 is 39.9 Å². The SMILES string of the molecule is O=C(CN1CCC(NC(=O)Cc2csc(NC(=O)c3ccccc3F)n2)CC1)Nc1ccccc1. The molecule has 8 nitrogen and oxygen atoms in total. The first-order chi connectivity index (χ1) is 17.0. The van der Waals surface area contributed by atoms with Gasteiger partial charge in [-0.05, 0) is 37.1 Å². The Morgan fingerprint density at radius 3 is 2.43 bits per heavy atom. The van der Waals surface area contributed by atoms with E-state index in [2.05, 4.69) is 25.8 Å². The molecule has 1 aliphatic rings. The van der Waals surface area contributed by atoms with Crippen molar-refractivity contribution in [1.29, 1.82) is 0 Å². The molecule has 0 spiro atoms. The fraction of sp³-hybridized carbons (Fsp3) is 0.280. The number of carbonyl (C=O) groups is 3. The van der Waals surface area contributed by atoms with E-state index in [9.17, 15) is 18.8 Å². The Hall–Kier alpha value is -3.63. The largest absolute Gasteiger partial charge is 0.353 e. The maximum absolute atomic E-state index is 13.8. The second-order valence-corrected chi connectivity index (χ2v) is 9.14. The topological polar surface area (TPSA) is 103 Å². The molecule has 0 atom stereocenters. The summed E-state index contributed by atoms with van der Waals surface area (Å²) in [6.07, 6.45) is 1.60. The van der Waals surface area contributed by atoms with E-state index >= 15 is 0 Å². The zero-order valence-corrected chi connectivity index (χ0v) is 19.8. The minimum absolute atomic E-state index is 0.0369. The number of rotatable bonds is 8. The molecule has 0 unspecified atom stereocenters. The number of thiazole rings is 1. The average Bonchev–Trinajstić information content (AvgIpc) is 3.27. The van der Waals surface area contributed by atoms with E-state index in [1.807, 2.05) is 30.3 Å². The lowest BCUT2D eigenvalue weighted by Gasteiger charge is -2.31. The van der Waals surface area contributed by atoms with Crippen LogP contribution in [0.2, 0.25) is 0 Å². The van der Waals surface area contributed by atoms with Crippen molar-refractivity contribution in [3.63, 3.8) is 0 Å². The molecule has 2 heterocycles. The molecule has 1 saturated heterocycles. The van der Waals surface area contributed by atoms with Gasteiger partial charge in [0.15, 0.2) is 5.13 Å². The summed E-state index contributed by atoms with van der Waals surface area (Å²) in [6, 6.07) is 15.1. The fourth-order valence-electron chi connectivity index (χ4n) is 3.86. The zero-order chi connectivity index (χ0) is 24.6. The lowest BCUT2D eigenvalue weighted by molar-refractivity contribution is -0.122. The molecule has 182 valence electrons. The van der Waals surface area contributed by atoms with Gasteiger partial charge < -0.3 is 10.6 Å². The summed E-state index contributed by atoms with van der Waals surface area (Å²) >= 11 is 1.18. The highest BCUT2D eigenvalue weighted by molar-refractivity contribution is 7.14. The average molecular weight is 496 g/mol. The molecule has 1 aliphatic heterocycles. The van der Waals surface area contributed by atoms with E-state index in [0.29, 0.717) is 17.4 Å². The molecule has 4 rings (SSSR count). The van der Waals surface area contributed by atoms with E-state index in [1.165, 1.54) is 29.5 Å². The number of anilines is 2. The van der Waals surface area contributed by atoms with Crippen molar-refractivity contribution in [1.82, 2.24) is 15.2 Å². The van der Waals surface area contributed by atoms with E-state index in [1.54, 1.807) is 11.4 Å². The summed E-state index contributed by atoms with van der Waals surface area (Å²) in [6.45, 7) is 1.75. The summed E-state index contributed by atoms with van der Waals surface area (Å²) < 4.78 is 13.8. The highest BCUT2D eigenvalue weighted by Crippen LogP contribution is 2.18. The van der Waals surface area contributed by atoms with Crippen LogP contribution in [-0.4, -0.2) is 53.3 Å². The Kier molecular flexibility index (Phi) is 8.17. The molecule has 1 fully saturated rings. The fourth-order valence-corrected chi connectivity index (χ4v) is 4.56. The van der Waals surface area contributed by atoms with Crippen molar-refractivity contribution < 1.29 is 18.8 Å². The Labute approximate surface area is 206 Å². The van der Waals surface area contributed by atoms with Gasteiger partial charge in [-0.2, -0.15) is 0 Å². The normalized spacial score (nSPS) is 14.3. The lowest BCUT2D eigenvalue weighted by Crippen LogP contribution is -2.46. The Morgan fingerprint density at radius 2 is 1.69 bits per heavy atom. The third-order valence-electron chi connectivity index (χ3n) is 5.61. The van der Waals surface area contributed by atoms with Crippen LogP contribution in [0.15, 0.2) is 60.0 Å². The van der Waals surface area contributed by atoms with Crippen LogP contribution in [0.5, 0.6) is 0 Å². The third kappa shape index (κ3) is 7.17. The molecular weight excluding hydrogens is 469 g/mol. The number of halogens is 1. The van der Waals surface area contributed by atoms with Crippen molar-refractivity contribution in [3.8, 4) is 0 Å². The van der Waals surface area contributed by atoms with Gasteiger partial charge in [0.05, 0.1) is 24.2 Å². The van der Waals surface area contributed by atoms with Crippen LogP contribution in [0, 0.1) is 5.82 Å². The second-order valence-electron chi connectivity index (χ2n) is 8.29. The molecule has 3 aromatic rings. The highest BCUT2D eigenvalue weighted by atomic mass is 32.1. The summed E-state index contributed by atoms with van der Waals surface area (Å²) in [5.41, 5.74) is 1.24. The third-order valence-corrected chi connectivity index (χ3v) is 6.42. The maximum Gasteiger partial charge on any atom is 0.260 e. The summed E-state index contributed by atoms with van der Waals surface area (Å²) in [7, 11) is 0. The number of amides is 3. The van der Waals surface area contributed by atoms with Gasteiger partial charge in [-0.1, -0.05) is 30.3 Å². The molecule has 10 heteroatoms. The molecule has 1 aromatic heterocycles. The number of para-hydroxylation sites is 1.